The van der Waals surface area contributed by atoms with Gasteiger partial charge >= 0.3 is 16.4 Å². The van der Waals surface area contributed by atoms with Gasteiger partial charge < -0.3 is 14.0 Å². The molecule has 1 aromatic carbocycles. The van der Waals surface area contributed by atoms with E-state index in [1.807, 2.05) is 6.92 Å². The van der Waals surface area contributed by atoms with Crippen LogP contribution < -0.4 is 8.92 Å². The van der Waals surface area contributed by atoms with E-state index >= 15 is 0 Å². The highest BCUT2D eigenvalue weighted by atomic mass is 32.3. The van der Waals surface area contributed by atoms with Gasteiger partial charge in [-0.25, -0.2) is 0 Å². The second-order valence-corrected chi connectivity index (χ2v) is 7.49. The molecule has 0 aliphatic carbocycles. The van der Waals surface area contributed by atoms with Crippen LogP contribution in [0.2, 0.25) is 0 Å². The Morgan fingerprint density at radius 1 is 1.25 bits per heavy atom. The molecule has 24 heavy (non-hydrogen) atoms. The molecule has 0 amide bonds. The van der Waals surface area contributed by atoms with E-state index in [4.69, 9.17) is 18.6 Å². The number of carbonyl (C=O) groups is 1. The van der Waals surface area contributed by atoms with Crippen LogP contribution in [0.1, 0.15) is 48.4 Å². The number of hydrogen-bond acceptors (Lipinski definition) is 5. The smallest absolute Gasteiger partial charge is 0.446 e. The maximum Gasteiger partial charge on any atom is 0.446 e. The van der Waals surface area contributed by atoms with Crippen LogP contribution in [0.5, 0.6) is 11.5 Å². The minimum absolute atomic E-state index is 0.0206. The molecule has 8 heteroatoms. The second-order valence-electron chi connectivity index (χ2n) is 6.47. The van der Waals surface area contributed by atoms with Gasteiger partial charge in [-0.1, -0.05) is 0 Å². The summed E-state index contributed by atoms with van der Waals surface area (Å²) in [5.74, 6) is -0.107. The molecule has 134 valence electrons. The van der Waals surface area contributed by atoms with Crippen LogP contribution in [0, 0.1) is 20.8 Å². The number of carboxylic acids is 1. The number of benzene rings is 1. The molecule has 1 atom stereocenters. The zero-order valence-corrected chi connectivity index (χ0v) is 15.0. The summed E-state index contributed by atoms with van der Waals surface area (Å²) >= 11 is 0. The largest absolute Gasteiger partial charge is 0.487 e. The molecule has 2 N–H and O–H groups in total. The molecule has 1 aromatic rings. The van der Waals surface area contributed by atoms with E-state index in [0.717, 1.165) is 11.1 Å². The molecular weight excluding hydrogens is 336 g/mol. The summed E-state index contributed by atoms with van der Waals surface area (Å²) < 4.78 is 42.0. The highest BCUT2D eigenvalue weighted by Gasteiger charge is 2.35. The fraction of sp³-hybridized carbons (Fsp3) is 0.562. The Morgan fingerprint density at radius 2 is 1.88 bits per heavy atom. The number of hydrogen-bond donors (Lipinski definition) is 2. The van der Waals surface area contributed by atoms with Gasteiger partial charge in [0.1, 0.15) is 11.4 Å². The molecule has 1 aliphatic heterocycles. The second kappa shape index (κ2) is 6.25. The summed E-state index contributed by atoms with van der Waals surface area (Å²) in [6, 6.07) is 0. The maximum atomic E-state index is 11.1. The molecule has 0 fully saturated rings. The van der Waals surface area contributed by atoms with E-state index in [1.165, 1.54) is 0 Å². The highest BCUT2D eigenvalue weighted by molar-refractivity contribution is 7.81. The van der Waals surface area contributed by atoms with Crippen molar-refractivity contribution in [2.75, 3.05) is 0 Å². The Bertz CT molecular complexity index is 782. The van der Waals surface area contributed by atoms with Crippen molar-refractivity contribution >= 4 is 16.4 Å². The van der Waals surface area contributed by atoms with Crippen molar-refractivity contribution in [3.63, 3.8) is 0 Å². The quantitative estimate of drug-likeness (QED) is 0.779. The summed E-state index contributed by atoms with van der Waals surface area (Å²) in [6.07, 6.45) is 1.64. The normalized spacial score (nSPS) is 20.2. The Balaban J connectivity index is 2.45. The van der Waals surface area contributed by atoms with Crippen molar-refractivity contribution in [1.82, 2.24) is 0 Å². The summed E-state index contributed by atoms with van der Waals surface area (Å²) in [5.41, 5.74) is 2.12. The van der Waals surface area contributed by atoms with Crippen molar-refractivity contribution in [3.8, 4) is 11.5 Å². The van der Waals surface area contributed by atoms with E-state index in [0.29, 0.717) is 36.1 Å². The lowest BCUT2D eigenvalue weighted by atomic mass is 9.85. The van der Waals surface area contributed by atoms with Crippen LogP contribution in [-0.2, 0) is 21.6 Å². The molecule has 0 spiro atoms. The van der Waals surface area contributed by atoms with Crippen molar-refractivity contribution < 1.29 is 31.8 Å². The van der Waals surface area contributed by atoms with Crippen LogP contribution in [0.3, 0.4) is 0 Å². The molecule has 0 radical (unpaired) electrons. The lowest BCUT2D eigenvalue weighted by Crippen LogP contribution is -2.37. The number of aliphatic carboxylic acids is 1. The standard InChI is InChI=1S/C16H22O7S/c1-9-10(2)15-12(11(3)14(9)23-24(19,20)21)5-7-16(4,22-15)8-6-13(17)18/h5-8H2,1-4H3,(H,17,18)(H,19,20,21)/t16-/m0/s1. The Morgan fingerprint density at radius 3 is 2.42 bits per heavy atom. The fourth-order valence-electron chi connectivity index (χ4n) is 3.06. The number of ether oxygens (including phenoxy) is 1. The van der Waals surface area contributed by atoms with Crippen LogP contribution in [0.4, 0.5) is 0 Å². The summed E-state index contributed by atoms with van der Waals surface area (Å²) in [6.45, 7) is 7.07. The van der Waals surface area contributed by atoms with Gasteiger partial charge in [0.15, 0.2) is 5.75 Å². The molecule has 0 aromatic heterocycles. The van der Waals surface area contributed by atoms with Crippen molar-refractivity contribution in [1.29, 1.82) is 0 Å². The van der Waals surface area contributed by atoms with Gasteiger partial charge in [0.25, 0.3) is 0 Å². The molecule has 7 nitrogen and oxygen atoms in total. The van der Waals surface area contributed by atoms with E-state index in [1.54, 1.807) is 20.8 Å². The number of carboxylic acid groups (broad SMARTS) is 1. The minimum Gasteiger partial charge on any atom is -0.487 e. The first-order valence-electron chi connectivity index (χ1n) is 7.64. The summed E-state index contributed by atoms with van der Waals surface area (Å²) in [4.78, 5) is 10.8. The third-order valence-electron chi connectivity index (χ3n) is 4.62. The lowest BCUT2D eigenvalue weighted by Gasteiger charge is -2.38. The Hall–Kier alpha value is -1.80. The lowest BCUT2D eigenvalue weighted by molar-refractivity contribution is -0.138. The molecule has 0 bridgehead atoms. The van der Waals surface area contributed by atoms with Gasteiger partial charge in [0.2, 0.25) is 0 Å². The van der Waals surface area contributed by atoms with Crippen LogP contribution in [-0.4, -0.2) is 29.6 Å². The van der Waals surface area contributed by atoms with Gasteiger partial charge in [-0.05, 0) is 58.1 Å². The number of fused-ring (bicyclic) bond motifs is 1. The number of rotatable bonds is 5. The fourth-order valence-corrected chi connectivity index (χ4v) is 3.52. The molecular formula is C16H22O7S. The zero-order chi connectivity index (χ0) is 18.3. The molecule has 1 aliphatic rings. The predicted octanol–water partition coefficient (Wildman–Crippen LogP) is 2.74. The summed E-state index contributed by atoms with van der Waals surface area (Å²) in [7, 11) is -4.61. The van der Waals surface area contributed by atoms with Crippen LogP contribution in [0.15, 0.2) is 0 Å². The van der Waals surface area contributed by atoms with Crippen molar-refractivity contribution in [3.05, 3.63) is 22.3 Å². The first kappa shape index (κ1) is 18.5. The molecule has 0 saturated heterocycles. The van der Waals surface area contributed by atoms with Gasteiger partial charge in [-0.3, -0.25) is 9.35 Å². The predicted molar refractivity (Wildman–Crippen MR) is 87.1 cm³/mol. The van der Waals surface area contributed by atoms with Crippen molar-refractivity contribution in [2.45, 2.75) is 59.0 Å². The zero-order valence-electron chi connectivity index (χ0n) is 14.2. The van der Waals surface area contributed by atoms with Crippen LogP contribution in [0.25, 0.3) is 0 Å². The Labute approximate surface area is 141 Å². The van der Waals surface area contributed by atoms with Crippen LogP contribution >= 0.6 is 0 Å². The van der Waals surface area contributed by atoms with E-state index < -0.39 is 22.0 Å². The van der Waals surface area contributed by atoms with Gasteiger partial charge in [0.05, 0.1) is 0 Å². The van der Waals surface area contributed by atoms with Crippen molar-refractivity contribution in [2.24, 2.45) is 0 Å². The van der Waals surface area contributed by atoms with E-state index in [2.05, 4.69) is 0 Å². The maximum absolute atomic E-state index is 11.1. The topological polar surface area (TPSA) is 110 Å². The van der Waals surface area contributed by atoms with Gasteiger partial charge in [-0.2, -0.15) is 8.42 Å². The van der Waals surface area contributed by atoms with Gasteiger partial charge in [-0.15, -0.1) is 0 Å². The minimum atomic E-state index is -4.61. The van der Waals surface area contributed by atoms with Gasteiger partial charge in [0, 0.05) is 17.5 Å². The third-order valence-corrected chi connectivity index (χ3v) is 5.00. The molecule has 0 unspecified atom stereocenters. The molecule has 0 saturated carbocycles. The summed E-state index contributed by atoms with van der Waals surface area (Å²) in [5, 5.41) is 8.89. The van der Waals surface area contributed by atoms with E-state index in [-0.39, 0.29) is 12.2 Å². The third kappa shape index (κ3) is 3.81. The SMILES string of the molecule is Cc1c(C)c2c(c(C)c1OS(=O)(=O)O)CC[C@@](C)(CCC(=O)O)O2. The monoisotopic (exact) mass is 358 g/mol. The average molecular weight is 358 g/mol. The first-order chi connectivity index (χ1) is 10.9. The highest BCUT2D eigenvalue weighted by Crippen LogP contribution is 2.44. The Kier molecular flexibility index (Phi) is 4.83. The average Bonchev–Trinajstić information content (AvgIpc) is 2.46. The van der Waals surface area contributed by atoms with E-state index in [9.17, 15) is 13.2 Å². The molecule has 2 rings (SSSR count). The first-order valence-corrected chi connectivity index (χ1v) is 9.00. The molecule has 1 heterocycles.